The van der Waals surface area contributed by atoms with Crippen LogP contribution in [0.15, 0.2) is 18.2 Å². The number of aliphatic carboxylic acids is 1. The molecule has 4 heteroatoms. The number of fused-ring (bicyclic) bond motifs is 1. The van der Waals surface area contributed by atoms with E-state index in [1.54, 1.807) is 13.0 Å². The molecule has 0 fully saturated rings. The number of carboxylic acids is 1. The Morgan fingerprint density at radius 3 is 2.94 bits per heavy atom. The minimum absolute atomic E-state index is 0.0886. The highest BCUT2D eigenvalue weighted by molar-refractivity contribution is 5.73. The van der Waals surface area contributed by atoms with Crippen LogP contribution in [0.4, 0.5) is 10.1 Å². The largest absolute Gasteiger partial charge is 0.481 e. The summed E-state index contributed by atoms with van der Waals surface area (Å²) in [6.07, 6.45) is 0.594. The number of carbonyl (C=O) groups is 1. The number of rotatable bonds is 2. The van der Waals surface area contributed by atoms with Gasteiger partial charge in [0.2, 0.25) is 0 Å². The Labute approximate surface area is 93.5 Å². The molecule has 1 aromatic carbocycles. The second-order valence-corrected chi connectivity index (χ2v) is 4.28. The molecule has 0 radical (unpaired) electrons. The van der Waals surface area contributed by atoms with Crippen molar-refractivity contribution >= 4 is 11.7 Å². The number of hydrogen-bond donors (Lipinski definition) is 1. The quantitative estimate of drug-likeness (QED) is 0.832. The first-order valence-corrected chi connectivity index (χ1v) is 5.24. The van der Waals surface area contributed by atoms with Gasteiger partial charge in [-0.2, -0.15) is 0 Å². The van der Waals surface area contributed by atoms with Crippen molar-refractivity contribution in [2.45, 2.75) is 19.4 Å². The van der Waals surface area contributed by atoms with Gasteiger partial charge >= 0.3 is 5.97 Å². The smallest absolute Gasteiger partial charge is 0.308 e. The number of hydrogen-bond acceptors (Lipinski definition) is 2. The lowest BCUT2D eigenvalue weighted by Crippen LogP contribution is -2.37. The van der Waals surface area contributed by atoms with Crippen LogP contribution in [0.25, 0.3) is 0 Å². The Morgan fingerprint density at radius 2 is 2.31 bits per heavy atom. The fraction of sp³-hybridized carbons (Fsp3) is 0.417. The summed E-state index contributed by atoms with van der Waals surface area (Å²) >= 11 is 0. The molecular formula is C12H14FNO2. The van der Waals surface area contributed by atoms with Crippen molar-refractivity contribution in [1.29, 1.82) is 0 Å². The Balaban J connectivity index is 2.30. The summed E-state index contributed by atoms with van der Waals surface area (Å²) in [7, 11) is 1.86. The fourth-order valence-electron chi connectivity index (χ4n) is 2.28. The van der Waals surface area contributed by atoms with Crippen molar-refractivity contribution in [3.63, 3.8) is 0 Å². The SMILES string of the molecule is CC(C(=O)O)C1Cc2cc(F)ccc2N1C. The van der Waals surface area contributed by atoms with Gasteiger partial charge in [-0.15, -0.1) is 0 Å². The molecule has 1 N–H and O–H groups in total. The van der Waals surface area contributed by atoms with Gasteiger partial charge in [-0.05, 0) is 37.1 Å². The van der Waals surface area contributed by atoms with E-state index in [1.165, 1.54) is 12.1 Å². The maximum atomic E-state index is 13.0. The summed E-state index contributed by atoms with van der Waals surface area (Å²) in [5.41, 5.74) is 1.82. The summed E-state index contributed by atoms with van der Waals surface area (Å²) in [4.78, 5) is 12.9. The first kappa shape index (κ1) is 10.9. The van der Waals surface area contributed by atoms with Gasteiger partial charge in [-0.1, -0.05) is 0 Å². The summed E-state index contributed by atoms with van der Waals surface area (Å²) < 4.78 is 13.0. The first-order valence-electron chi connectivity index (χ1n) is 5.24. The lowest BCUT2D eigenvalue weighted by molar-refractivity contribution is -0.141. The Bertz CT molecular complexity index is 433. The van der Waals surface area contributed by atoms with Gasteiger partial charge in [-0.25, -0.2) is 4.39 Å². The summed E-state index contributed by atoms with van der Waals surface area (Å²) in [5, 5.41) is 8.99. The summed E-state index contributed by atoms with van der Waals surface area (Å²) in [5.74, 6) is -1.54. The summed E-state index contributed by atoms with van der Waals surface area (Å²) in [6, 6.07) is 4.51. The number of carboxylic acid groups (broad SMARTS) is 1. The van der Waals surface area contributed by atoms with Crippen molar-refractivity contribution in [3.8, 4) is 0 Å². The molecule has 0 aliphatic carbocycles. The van der Waals surface area contributed by atoms with E-state index in [9.17, 15) is 9.18 Å². The predicted molar refractivity (Wildman–Crippen MR) is 59.1 cm³/mol. The molecule has 86 valence electrons. The zero-order valence-corrected chi connectivity index (χ0v) is 9.27. The predicted octanol–water partition coefficient (Wildman–Crippen LogP) is 1.91. The van der Waals surface area contributed by atoms with Gasteiger partial charge in [0.25, 0.3) is 0 Å². The van der Waals surface area contributed by atoms with E-state index in [-0.39, 0.29) is 11.9 Å². The van der Waals surface area contributed by atoms with Gasteiger partial charge in [0.15, 0.2) is 0 Å². The van der Waals surface area contributed by atoms with Gasteiger partial charge < -0.3 is 10.0 Å². The van der Waals surface area contributed by atoms with Gasteiger partial charge in [0.1, 0.15) is 5.82 Å². The lowest BCUT2D eigenvalue weighted by atomic mass is 9.98. The third-order valence-corrected chi connectivity index (χ3v) is 3.31. The number of likely N-dealkylation sites (N-methyl/N-ethyl adjacent to an activating group) is 1. The maximum absolute atomic E-state index is 13.0. The number of halogens is 1. The molecule has 1 aliphatic heterocycles. The molecule has 2 rings (SSSR count). The van der Waals surface area contributed by atoms with Crippen LogP contribution in [0.3, 0.4) is 0 Å². The second kappa shape index (κ2) is 3.77. The molecule has 0 bridgehead atoms. The molecule has 1 aliphatic rings. The first-order chi connectivity index (χ1) is 7.50. The van der Waals surface area contributed by atoms with E-state index in [1.807, 2.05) is 11.9 Å². The standard InChI is InChI=1S/C12H14FNO2/c1-7(12(15)16)11-6-8-5-9(13)3-4-10(8)14(11)2/h3-5,7,11H,6H2,1-2H3,(H,15,16). The third-order valence-electron chi connectivity index (χ3n) is 3.31. The van der Waals surface area contributed by atoms with Gasteiger partial charge in [0, 0.05) is 18.8 Å². The Kier molecular flexibility index (Phi) is 2.58. The van der Waals surface area contributed by atoms with Gasteiger partial charge in [-0.3, -0.25) is 4.79 Å². The topological polar surface area (TPSA) is 40.5 Å². The second-order valence-electron chi connectivity index (χ2n) is 4.28. The van der Waals surface area contributed by atoms with E-state index < -0.39 is 11.9 Å². The highest BCUT2D eigenvalue weighted by Crippen LogP contribution is 2.34. The highest BCUT2D eigenvalue weighted by Gasteiger charge is 2.34. The molecule has 3 nitrogen and oxygen atoms in total. The average molecular weight is 223 g/mol. The molecule has 1 aromatic rings. The van der Waals surface area contributed by atoms with Crippen LogP contribution in [0.1, 0.15) is 12.5 Å². The van der Waals surface area contributed by atoms with Crippen molar-refractivity contribution < 1.29 is 14.3 Å². The van der Waals surface area contributed by atoms with Crippen molar-refractivity contribution in [3.05, 3.63) is 29.6 Å². The molecule has 0 saturated heterocycles. The third kappa shape index (κ3) is 1.64. The van der Waals surface area contributed by atoms with Crippen LogP contribution in [-0.4, -0.2) is 24.2 Å². The number of nitrogens with zero attached hydrogens (tertiary/aromatic N) is 1. The van der Waals surface area contributed by atoms with E-state index >= 15 is 0 Å². The van der Waals surface area contributed by atoms with E-state index in [0.29, 0.717) is 6.42 Å². The minimum atomic E-state index is -0.815. The van der Waals surface area contributed by atoms with Crippen LogP contribution in [0.5, 0.6) is 0 Å². The van der Waals surface area contributed by atoms with Crippen LogP contribution in [0, 0.1) is 11.7 Å². The number of anilines is 1. The highest BCUT2D eigenvalue weighted by atomic mass is 19.1. The lowest BCUT2D eigenvalue weighted by Gasteiger charge is -2.25. The molecule has 0 saturated carbocycles. The molecule has 0 spiro atoms. The Morgan fingerprint density at radius 1 is 1.62 bits per heavy atom. The van der Waals surface area contributed by atoms with Crippen LogP contribution >= 0.6 is 0 Å². The zero-order chi connectivity index (χ0) is 11.9. The van der Waals surface area contributed by atoms with Gasteiger partial charge in [0.05, 0.1) is 5.92 Å². The average Bonchev–Trinajstić information content (AvgIpc) is 2.54. The summed E-state index contributed by atoms with van der Waals surface area (Å²) in [6.45, 7) is 1.69. The molecular weight excluding hydrogens is 209 g/mol. The molecule has 0 aromatic heterocycles. The van der Waals surface area contributed by atoms with E-state index in [2.05, 4.69) is 0 Å². The monoisotopic (exact) mass is 223 g/mol. The minimum Gasteiger partial charge on any atom is -0.481 e. The van der Waals surface area contributed by atoms with E-state index in [0.717, 1.165) is 11.3 Å². The van der Waals surface area contributed by atoms with E-state index in [4.69, 9.17) is 5.11 Å². The molecule has 16 heavy (non-hydrogen) atoms. The zero-order valence-electron chi connectivity index (χ0n) is 9.27. The number of benzene rings is 1. The van der Waals surface area contributed by atoms with Crippen molar-refractivity contribution in [1.82, 2.24) is 0 Å². The van der Waals surface area contributed by atoms with Crippen LogP contribution in [-0.2, 0) is 11.2 Å². The fourth-order valence-corrected chi connectivity index (χ4v) is 2.28. The molecule has 1 heterocycles. The molecule has 0 amide bonds. The van der Waals surface area contributed by atoms with Crippen LogP contribution < -0.4 is 4.90 Å². The molecule has 2 atom stereocenters. The van der Waals surface area contributed by atoms with Crippen molar-refractivity contribution in [2.75, 3.05) is 11.9 Å². The maximum Gasteiger partial charge on any atom is 0.308 e. The van der Waals surface area contributed by atoms with Crippen molar-refractivity contribution in [2.24, 2.45) is 5.92 Å². The molecule has 2 unspecified atom stereocenters. The Hall–Kier alpha value is -1.58. The normalized spacial score (nSPS) is 20.7. The van der Waals surface area contributed by atoms with Crippen LogP contribution in [0.2, 0.25) is 0 Å².